The molecule has 0 spiro atoms. The van der Waals surface area contributed by atoms with E-state index in [4.69, 9.17) is 0 Å². The summed E-state index contributed by atoms with van der Waals surface area (Å²) >= 11 is 1.30. The van der Waals surface area contributed by atoms with Gasteiger partial charge in [-0.2, -0.15) is 0 Å². The fourth-order valence-electron chi connectivity index (χ4n) is 1.96. The van der Waals surface area contributed by atoms with Gasteiger partial charge in [0.05, 0.1) is 18.5 Å². The molecule has 0 bridgehead atoms. The molecule has 0 aliphatic carbocycles. The second-order valence-corrected chi connectivity index (χ2v) is 5.55. The highest BCUT2D eigenvalue weighted by atomic mass is 32.1. The van der Waals surface area contributed by atoms with Gasteiger partial charge in [-0.05, 0) is 30.3 Å². The largest absolute Gasteiger partial charge is 0.392 e. The van der Waals surface area contributed by atoms with Crippen LogP contribution in [0.5, 0.6) is 0 Å². The number of carbonyl (C=O) groups excluding carboxylic acids is 1. The van der Waals surface area contributed by atoms with Crippen LogP contribution >= 0.6 is 11.3 Å². The first-order valence-electron chi connectivity index (χ1n) is 6.74. The summed E-state index contributed by atoms with van der Waals surface area (Å²) < 4.78 is 12.9. The Labute approximate surface area is 135 Å². The molecule has 0 atom stereocenters. The van der Waals surface area contributed by atoms with E-state index in [0.717, 1.165) is 5.56 Å². The molecular weight excluding hydrogens is 317 g/mol. The van der Waals surface area contributed by atoms with Crippen LogP contribution in [-0.2, 0) is 6.61 Å². The lowest BCUT2D eigenvalue weighted by molar-refractivity contribution is 0.102. The Hall–Kier alpha value is -2.64. The molecule has 116 valence electrons. The van der Waals surface area contributed by atoms with Crippen molar-refractivity contribution < 1.29 is 14.3 Å². The first-order valence-corrected chi connectivity index (χ1v) is 7.62. The molecule has 0 fully saturated rings. The van der Waals surface area contributed by atoms with Crippen molar-refractivity contribution in [3.05, 3.63) is 65.2 Å². The van der Waals surface area contributed by atoms with Crippen LogP contribution in [-0.4, -0.2) is 21.0 Å². The first kappa shape index (κ1) is 15.3. The predicted octanol–water partition coefficient (Wildman–Crippen LogP) is 3.09. The molecule has 2 heterocycles. The molecule has 0 aliphatic rings. The van der Waals surface area contributed by atoms with Gasteiger partial charge in [0.2, 0.25) is 0 Å². The Morgan fingerprint density at radius 2 is 2.04 bits per heavy atom. The van der Waals surface area contributed by atoms with Crippen LogP contribution in [0.2, 0.25) is 0 Å². The number of nitrogens with one attached hydrogen (secondary N) is 1. The van der Waals surface area contributed by atoms with Crippen molar-refractivity contribution in [3.8, 4) is 10.6 Å². The molecule has 3 aromatic rings. The first-order chi connectivity index (χ1) is 11.2. The molecule has 0 saturated carbocycles. The van der Waals surface area contributed by atoms with Gasteiger partial charge in [0.15, 0.2) is 0 Å². The molecule has 1 aromatic carbocycles. The topological polar surface area (TPSA) is 75.1 Å². The van der Waals surface area contributed by atoms with Crippen LogP contribution in [0.25, 0.3) is 10.6 Å². The zero-order valence-electron chi connectivity index (χ0n) is 11.9. The maximum absolute atomic E-state index is 12.9. The minimum atomic E-state index is -0.391. The Kier molecular flexibility index (Phi) is 4.40. The number of anilines is 1. The summed E-state index contributed by atoms with van der Waals surface area (Å²) in [6.45, 7) is -0.198. The summed E-state index contributed by atoms with van der Waals surface area (Å²) in [5.41, 5.74) is 2.01. The van der Waals surface area contributed by atoms with E-state index >= 15 is 0 Å². The quantitative estimate of drug-likeness (QED) is 0.771. The van der Waals surface area contributed by atoms with Gasteiger partial charge in [-0.25, -0.2) is 9.37 Å². The summed E-state index contributed by atoms with van der Waals surface area (Å²) in [5.74, 6) is -0.714. The van der Waals surface area contributed by atoms with E-state index in [1.54, 1.807) is 23.6 Å². The SMILES string of the molecule is O=C(Nc1cnccc1CO)c1csc(-c2ccc(F)cc2)n1. The number of pyridine rings is 1. The van der Waals surface area contributed by atoms with Gasteiger partial charge in [0.25, 0.3) is 5.91 Å². The highest BCUT2D eigenvalue weighted by Crippen LogP contribution is 2.24. The van der Waals surface area contributed by atoms with Gasteiger partial charge in [-0.1, -0.05) is 0 Å². The number of benzene rings is 1. The lowest BCUT2D eigenvalue weighted by Crippen LogP contribution is -2.14. The zero-order chi connectivity index (χ0) is 16.2. The average Bonchev–Trinajstić information content (AvgIpc) is 3.06. The molecule has 2 N–H and O–H groups in total. The van der Waals surface area contributed by atoms with E-state index in [1.807, 2.05) is 0 Å². The molecule has 0 saturated heterocycles. The van der Waals surface area contributed by atoms with E-state index in [2.05, 4.69) is 15.3 Å². The monoisotopic (exact) mass is 329 g/mol. The number of hydrogen-bond donors (Lipinski definition) is 2. The number of amides is 1. The van der Waals surface area contributed by atoms with E-state index in [-0.39, 0.29) is 18.1 Å². The predicted molar refractivity (Wildman–Crippen MR) is 85.6 cm³/mol. The Morgan fingerprint density at radius 3 is 2.78 bits per heavy atom. The standard InChI is InChI=1S/C16H12FN3O2S/c17-12-3-1-10(2-4-12)16-20-14(9-23-16)15(22)19-13-7-18-6-5-11(13)8-21/h1-7,9,21H,8H2,(H,19,22). The second-order valence-electron chi connectivity index (χ2n) is 4.69. The molecule has 0 aliphatic heterocycles. The average molecular weight is 329 g/mol. The molecular formula is C16H12FN3O2S. The molecule has 2 aromatic heterocycles. The van der Waals surface area contributed by atoms with Crippen molar-refractivity contribution in [1.29, 1.82) is 0 Å². The third-order valence-electron chi connectivity index (χ3n) is 3.16. The van der Waals surface area contributed by atoms with Gasteiger partial charge >= 0.3 is 0 Å². The molecule has 0 unspecified atom stereocenters. The van der Waals surface area contributed by atoms with Crippen molar-refractivity contribution in [2.24, 2.45) is 0 Å². The van der Waals surface area contributed by atoms with Crippen molar-refractivity contribution in [2.75, 3.05) is 5.32 Å². The number of rotatable bonds is 4. The van der Waals surface area contributed by atoms with E-state index in [0.29, 0.717) is 16.3 Å². The van der Waals surface area contributed by atoms with E-state index in [1.165, 1.54) is 35.9 Å². The fraction of sp³-hybridized carbons (Fsp3) is 0.0625. The third-order valence-corrected chi connectivity index (χ3v) is 4.05. The number of aliphatic hydroxyl groups is 1. The Morgan fingerprint density at radius 1 is 1.26 bits per heavy atom. The van der Waals surface area contributed by atoms with Crippen LogP contribution in [0.3, 0.4) is 0 Å². The van der Waals surface area contributed by atoms with Gasteiger partial charge in [0, 0.05) is 22.7 Å². The summed E-state index contributed by atoms with van der Waals surface area (Å²) in [6.07, 6.45) is 3.01. The summed E-state index contributed by atoms with van der Waals surface area (Å²) in [7, 11) is 0. The highest BCUT2D eigenvalue weighted by molar-refractivity contribution is 7.13. The van der Waals surface area contributed by atoms with Gasteiger partial charge in [-0.15, -0.1) is 11.3 Å². The molecule has 23 heavy (non-hydrogen) atoms. The van der Waals surface area contributed by atoms with Crippen LogP contribution in [0.15, 0.2) is 48.1 Å². The third kappa shape index (κ3) is 3.41. The number of aromatic nitrogens is 2. The number of carbonyl (C=O) groups is 1. The summed E-state index contributed by atoms with van der Waals surface area (Å²) in [6, 6.07) is 7.54. The summed E-state index contributed by atoms with van der Waals surface area (Å²) in [4.78, 5) is 20.4. The van der Waals surface area contributed by atoms with Crippen LogP contribution in [0, 0.1) is 5.82 Å². The second kappa shape index (κ2) is 6.64. The smallest absolute Gasteiger partial charge is 0.275 e. The minimum Gasteiger partial charge on any atom is -0.392 e. The van der Waals surface area contributed by atoms with Crippen molar-refractivity contribution >= 4 is 22.9 Å². The number of nitrogens with zero attached hydrogens (tertiary/aromatic N) is 2. The van der Waals surface area contributed by atoms with Crippen molar-refractivity contribution in [2.45, 2.75) is 6.61 Å². The lowest BCUT2D eigenvalue weighted by atomic mass is 10.2. The van der Waals surface area contributed by atoms with E-state index in [9.17, 15) is 14.3 Å². The fourth-order valence-corrected chi connectivity index (χ4v) is 2.77. The zero-order valence-corrected chi connectivity index (χ0v) is 12.7. The number of thiazole rings is 1. The van der Waals surface area contributed by atoms with E-state index < -0.39 is 5.91 Å². The molecule has 5 nitrogen and oxygen atoms in total. The van der Waals surface area contributed by atoms with Gasteiger partial charge < -0.3 is 10.4 Å². The van der Waals surface area contributed by atoms with Crippen molar-refractivity contribution in [1.82, 2.24) is 9.97 Å². The molecule has 0 radical (unpaired) electrons. The molecule has 1 amide bonds. The molecule has 3 rings (SSSR count). The highest BCUT2D eigenvalue weighted by Gasteiger charge is 2.13. The maximum Gasteiger partial charge on any atom is 0.275 e. The maximum atomic E-state index is 12.9. The Balaban J connectivity index is 1.80. The van der Waals surface area contributed by atoms with Gasteiger partial charge in [-0.3, -0.25) is 9.78 Å². The van der Waals surface area contributed by atoms with Crippen LogP contribution < -0.4 is 5.32 Å². The minimum absolute atomic E-state index is 0.198. The van der Waals surface area contributed by atoms with Crippen LogP contribution in [0.1, 0.15) is 16.1 Å². The summed E-state index contributed by atoms with van der Waals surface area (Å²) in [5, 5.41) is 14.2. The normalized spacial score (nSPS) is 10.5. The van der Waals surface area contributed by atoms with Crippen molar-refractivity contribution in [3.63, 3.8) is 0 Å². The Bertz CT molecular complexity index is 833. The molecule has 7 heteroatoms. The number of halogens is 1. The number of aliphatic hydroxyl groups excluding tert-OH is 1. The van der Waals surface area contributed by atoms with Gasteiger partial charge in [0.1, 0.15) is 16.5 Å². The van der Waals surface area contributed by atoms with Crippen LogP contribution in [0.4, 0.5) is 10.1 Å². The number of hydrogen-bond acceptors (Lipinski definition) is 5. The lowest BCUT2D eigenvalue weighted by Gasteiger charge is -2.07.